The minimum absolute atomic E-state index is 0.301. The highest BCUT2D eigenvalue weighted by Gasteiger charge is 2.10. The molecule has 4 N–H and O–H groups in total. The van der Waals surface area contributed by atoms with Crippen molar-refractivity contribution < 1.29 is 9.53 Å². The highest BCUT2D eigenvalue weighted by Crippen LogP contribution is 2.22. The first-order valence-electron chi connectivity index (χ1n) is 6.50. The summed E-state index contributed by atoms with van der Waals surface area (Å²) in [5.41, 5.74) is 14.1. The van der Waals surface area contributed by atoms with Crippen LogP contribution in [0.25, 0.3) is 0 Å². The van der Waals surface area contributed by atoms with Crippen molar-refractivity contribution in [2.45, 2.75) is 20.0 Å². The van der Waals surface area contributed by atoms with Crippen molar-refractivity contribution in [2.24, 2.45) is 5.73 Å². The largest absolute Gasteiger partial charge is 0.488 e. The zero-order valence-electron chi connectivity index (χ0n) is 11.4. The molecule has 0 radical (unpaired) electrons. The second kappa shape index (κ2) is 6.10. The number of aryl methyl sites for hydroxylation is 1. The van der Waals surface area contributed by atoms with E-state index in [1.165, 1.54) is 11.6 Å². The molecule has 2 aromatic rings. The maximum Gasteiger partial charge on any atom is 0.252 e. The van der Waals surface area contributed by atoms with Gasteiger partial charge in [0.2, 0.25) is 0 Å². The quantitative estimate of drug-likeness (QED) is 0.819. The number of ether oxygens (including phenoxy) is 1. The number of carbonyl (C=O) groups is 1. The third-order valence-corrected chi connectivity index (χ3v) is 3.09. The predicted octanol–water partition coefficient (Wildman–Crippen LogP) is 2.51. The Hall–Kier alpha value is -2.49. The molecular weight excluding hydrogens is 252 g/mol. The molecule has 104 valence electrons. The molecular formula is C16H18N2O2. The van der Waals surface area contributed by atoms with Crippen molar-refractivity contribution >= 4 is 11.6 Å². The van der Waals surface area contributed by atoms with Gasteiger partial charge in [-0.25, -0.2) is 0 Å². The third kappa shape index (κ3) is 3.29. The number of carbonyl (C=O) groups excluding carboxylic acids is 1. The normalized spacial score (nSPS) is 10.2. The average molecular weight is 270 g/mol. The van der Waals surface area contributed by atoms with E-state index in [0.29, 0.717) is 23.6 Å². The maximum atomic E-state index is 11.4. The highest BCUT2D eigenvalue weighted by molar-refractivity contribution is 5.96. The standard InChI is InChI=1S/C16H18N2O2/c1-2-11-3-5-12(6-4-11)10-20-15-8-7-13(17)9-14(15)16(18)19/h3-9H,2,10,17H2,1H3,(H2,18,19). The van der Waals surface area contributed by atoms with Crippen LogP contribution in [0.4, 0.5) is 5.69 Å². The predicted molar refractivity (Wildman–Crippen MR) is 79.5 cm³/mol. The van der Waals surface area contributed by atoms with E-state index < -0.39 is 5.91 Å². The number of nitrogens with two attached hydrogens (primary N) is 2. The van der Waals surface area contributed by atoms with Gasteiger partial charge in [-0.3, -0.25) is 4.79 Å². The first-order valence-corrected chi connectivity index (χ1v) is 6.50. The summed E-state index contributed by atoms with van der Waals surface area (Å²) in [6, 6.07) is 13.0. The van der Waals surface area contributed by atoms with Gasteiger partial charge in [-0.15, -0.1) is 0 Å². The van der Waals surface area contributed by atoms with Gasteiger partial charge in [0.15, 0.2) is 0 Å². The molecule has 0 aliphatic heterocycles. The topological polar surface area (TPSA) is 78.3 Å². The van der Waals surface area contributed by atoms with E-state index in [4.69, 9.17) is 16.2 Å². The van der Waals surface area contributed by atoms with Crippen molar-refractivity contribution in [1.82, 2.24) is 0 Å². The zero-order valence-corrected chi connectivity index (χ0v) is 11.4. The van der Waals surface area contributed by atoms with Crippen molar-refractivity contribution in [2.75, 3.05) is 5.73 Å². The van der Waals surface area contributed by atoms with Crippen LogP contribution in [0.1, 0.15) is 28.4 Å². The van der Waals surface area contributed by atoms with Gasteiger partial charge in [0, 0.05) is 5.69 Å². The zero-order chi connectivity index (χ0) is 14.5. The molecule has 0 saturated carbocycles. The van der Waals surface area contributed by atoms with E-state index >= 15 is 0 Å². The van der Waals surface area contributed by atoms with Crippen LogP contribution < -0.4 is 16.2 Å². The van der Waals surface area contributed by atoms with Crippen LogP contribution in [0.3, 0.4) is 0 Å². The van der Waals surface area contributed by atoms with E-state index in [-0.39, 0.29) is 0 Å². The van der Waals surface area contributed by atoms with E-state index in [1.54, 1.807) is 12.1 Å². The highest BCUT2D eigenvalue weighted by atomic mass is 16.5. The summed E-state index contributed by atoms with van der Waals surface area (Å²) in [5.74, 6) is -0.0973. The molecule has 4 heteroatoms. The number of benzene rings is 2. The number of amides is 1. The summed E-state index contributed by atoms with van der Waals surface area (Å²) < 4.78 is 5.66. The molecule has 0 fully saturated rings. The fourth-order valence-electron chi connectivity index (χ4n) is 1.90. The smallest absolute Gasteiger partial charge is 0.252 e. The van der Waals surface area contributed by atoms with Gasteiger partial charge in [0.05, 0.1) is 5.56 Å². The van der Waals surface area contributed by atoms with Gasteiger partial charge >= 0.3 is 0 Å². The van der Waals surface area contributed by atoms with E-state index in [9.17, 15) is 4.79 Å². The molecule has 0 unspecified atom stereocenters. The van der Waals surface area contributed by atoms with E-state index in [1.807, 2.05) is 12.1 Å². The molecule has 2 rings (SSSR count). The minimum Gasteiger partial charge on any atom is -0.488 e. The van der Waals surface area contributed by atoms with Crippen LogP contribution in [0.15, 0.2) is 42.5 Å². The summed E-state index contributed by atoms with van der Waals surface area (Å²) in [7, 11) is 0. The maximum absolute atomic E-state index is 11.4. The number of hydrogen-bond donors (Lipinski definition) is 2. The van der Waals surface area contributed by atoms with Crippen molar-refractivity contribution in [1.29, 1.82) is 0 Å². The van der Waals surface area contributed by atoms with Gasteiger partial charge in [-0.05, 0) is 35.7 Å². The Bertz CT molecular complexity index is 606. The summed E-state index contributed by atoms with van der Waals surface area (Å²) in [6.07, 6.45) is 1.00. The average Bonchev–Trinajstić information content (AvgIpc) is 2.46. The molecule has 0 spiro atoms. The lowest BCUT2D eigenvalue weighted by Crippen LogP contribution is -2.13. The molecule has 0 aliphatic rings. The Labute approximate surface area is 118 Å². The first-order chi connectivity index (χ1) is 9.60. The van der Waals surface area contributed by atoms with Crippen molar-refractivity contribution in [3.63, 3.8) is 0 Å². The number of primary amides is 1. The SMILES string of the molecule is CCc1ccc(COc2ccc(N)cc2C(N)=O)cc1. The summed E-state index contributed by atoms with van der Waals surface area (Å²) in [6.45, 7) is 2.49. The molecule has 4 nitrogen and oxygen atoms in total. The number of hydrogen-bond acceptors (Lipinski definition) is 3. The Kier molecular flexibility index (Phi) is 4.25. The fourth-order valence-corrected chi connectivity index (χ4v) is 1.90. The molecule has 0 heterocycles. The van der Waals surface area contributed by atoms with Gasteiger partial charge in [-0.1, -0.05) is 31.2 Å². The summed E-state index contributed by atoms with van der Waals surface area (Å²) in [4.78, 5) is 11.4. The van der Waals surface area contributed by atoms with Crippen molar-refractivity contribution in [3.05, 3.63) is 59.2 Å². The van der Waals surface area contributed by atoms with Crippen LogP contribution in [-0.2, 0) is 13.0 Å². The molecule has 1 amide bonds. The molecule has 2 aromatic carbocycles. The lowest BCUT2D eigenvalue weighted by molar-refractivity contribution is 0.0996. The minimum atomic E-state index is -0.548. The monoisotopic (exact) mass is 270 g/mol. The molecule has 0 atom stereocenters. The Morgan fingerprint density at radius 2 is 1.75 bits per heavy atom. The Morgan fingerprint density at radius 1 is 1.10 bits per heavy atom. The van der Waals surface area contributed by atoms with E-state index in [0.717, 1.165) is 12.0 Å². The van der Waals surface area contributed by atoms with E-state index in [2.05, 4.69) is 19.1 Å². The molecule has 0 saturated heterocycles. The second-order valence-electron chi connectivity index (χ2n) is 4.58. The van der Waals surface area contributed by atoms with Crippen LogP contribution in [-0.4, -0.2) is 5.91 Å². The number of rotatable bonds is 5. The van der Waals surface area contributed by atoms with Crippen LogP contribution in [0.5, 0.6) is 5.75 Å². The van der Waals surface area contributed by atoms with Crippen molar-refractivity contribution in [3.8, 4) is 5.75 Å². The number of anilines is 1. The second-order valence-corrected chi connectivity index (χ2v) is 4.58. The lowest BCUT2D eigenvalue weighted by atomic mass is 10.1. The third-order valence-electron chi connectivity index (χ3n) is 3.09. The lowest BCUT2D eigenvalue weighted by Gasteiger charge is -2.10. The molecule has 0 bridgehead atoms. The van der Waals surface area contributed by atoms with Crippen LogP contribution in [0.2, 0.25) is 0 Å². The summed E-state index contributed by atoms with van der Waals surface area (Å²) in [5, 5.41) is 0. The fraction of sp³-hybridized carbons (Fsp3) is 0.188. The molecule has 0 aromatic heterocycles. The molecule has 20 heavy (non-hydrogen) atoms. The molecule has 0 aliphatic carbocycles. The van der Waals surface area contributed by atoms with Gasteiger partial charge < -0.3 is 16.2 Å². The van der Waals surface area contributed by atoms with Gasteiger partial charge in [0.1, 0.15) is 12.4 Å². The Balaban J connectivity index is 2.12. The summed E-state index contributed by atoms with van der Waals surface area (Å²) >= 11 is 0. The van der Waals surface area contributed by atoms with Gasteiger partial charge in [0.25, 0.3) is 5.91 Å². The first kappa shape index (κ1) is 13.9. The van der Waals surface area contributed by atoms with Crippen LogP contribution >= 0.6 is 0 Å². The van der Waals surface area contributed by atoms with Gasteiger partial charge in [-0.2, -0.15) is 0 Å². The van der Waals surface area contributed by atoms with Crippen LogP contribution in [0, 0.1) is 0 Å². The number of nitrogen functional groups attached to an aromatic ring is 1. The Morgan fingerprint density at radius 3 is 2.35 bits per heavy atom.